The van der Waals surface area contributed by atoms with Gasteiger partial charge in [0, 0.05) is 11.4 Å². The molecule has 0 spiro atoms. The summed E-state index contributed by atoms with van der Waals surface area (Å²) in [5, 5.41) is 9.31. The molecular formula is C38H30N2SSi. The fourth-order valence-electron chi connectivity index (χ4n) is 6.76. The molecule has 0 amide bonds. The molecule has 1 atom stereocenters. The lowest BCUT2D eigenvalue weighted by molar-refractivity contribution is 0.995. The second kappa shape index (κ2) is 10.4. The number of nitrogens with one attached hydrogen (secondary N) is 1. The van der Waals surface area contributed by atoms with Crippen molar-refractivity contribution in [2.24, 2.45) is 0 Å². The van der Waals surface area contributed by atoms with Gasteiger partial charge in [0.25, 0.3) is 0 Å². The zero-order chi connectivity index (χ0) is 27.9. The van der Waals surface area contributed by atoms with Crippen molar-refractivity contribution in [1.82, 2.24) is 0 Å². The molecule has 1 N–H and O–H groups in total. The smallest absolute Gasteiger partial charge is 0.179 e. The standard InChI is InChI=1S/C38H30N2SSi/c1-4-15-31(16-5-1)42(32-17-6-2-7-18-32,33-19-8-3-9-20-33)34-21-12-14-28(25-34)29-23-24-35-37(26-29)40-36-22-11-10-13-30(36)27-41-38(40)39-35/h1-26,38-39H,27H2. The van der Waals surface area contributed by atoms with Gasteiger partial charge in [-0.3, -0.25) is 0 Å². The van der Waals surface area contributed by atoms with E-state index in [0.717, 1.165) is 5.75 Å². The van der Waals surface area contributed by atoms with Crippen molar-refractivity contribution in [1.29, 1.82) is 0 Å². The Bertz CT molecular complexity index is 1780. The molecule has 4 heteroatoms. The molecule has 0 radical (unpaired) electrons. The third-order valence-corrected chi connectivity index (χ3v) is 14.6. The normalized spacial score (nSPS) is 15.3. The molecule has 6 aromatic carbocycles. The molecule has 1 unspecified atom stereocenters. The van der Waals surface area contributed by atoms with Crippen LogP contribution in [0.2, 0.25) is 0 Å². The maximum Gasteiger partial charge on any atom is 0.179 e. The SMILES string of the molecule is c1ccc([Si](c2ccccc2)(c2ccccc2)c2cccc(-c3ccc4c(c3)N3c5ccccc5CSC3N4)c2)cc1. The number of fused-ring (bicyclic) bond motifs is 5. The molecule has 0 aromatic heterocycles. The van der Waals surface area contributed by atoms with Gasteiger partial charge in [-0.15, -0.1) is 11.8 Å². The third kappa shape index (κ3) is 4.02. The predicted molar refractivity (Wildman–Crippen MR) is 183 cm³/mol. The molecule has 0 aliphatic carbocycles. The number of benzene rings is 6. The largest absolute Gasteiger partial charge is 0.355 e. The third-order valence-electron chi connectivity index (χ3n) is 8.67. The quantitative estimate of drug-likeness (QED) is 0.180. The van der Waals surface area contributed by atoms with Crippen molar-refractivity contribution < 1.29 is 0 Å². The van der Waals surface area contributed by atoms with Crippen molar-refractivity contribution in [3.8, 4) is 11.1 Å². The van der Waals surface area contributed by atoms with Crippen molar-refractivity contribution in [2.45, 2.75) is 11.3 Å². The lowest BCUT2D eigenvalue weighted by Crippen LogP contribution is -2.74. The number of anilines is 3. The number of nitrogens with zero attached hydrogens (tertiary/aromatic N) is 1. The average molecular weight is 575 g/mol. The lowest BCUT2D eigenvalue weighted by atomic mass is 10.0. The molecule has 42 heavy (non-hydrogen) atoms. The number of hydrogen-bond donors (Lipinski definition) is 1. The summed E-state index contributed by atoms with van der Waals surface area (Å²) >= 11 is 1.95. The molecule has 0 saturated carbocycles. The predicted octanol–water partition coefficient (Wildman–Crippen LogP) is 6.83. The molecular weight excluding hydrogens is 545 g/mol. The number of para-hydroxylation sites is 1. The first-order chi connectivity index (χ1) is 20.8. The van der Waals surface area contributed by atoms with Gasteiger partial charge in [0.2, 0.25) is 0 Å². The van der Waals surface area contributed by atoms with Crippen LogP contribution >= 0.6 is 11.8 Å². The summed E-state index contributed by atoms with van der Waals surface area (Å²) in [6, 6.07) is 58.5. The summed E-state index contributed by atoms with van der Waals surface area (Å²) in [6.45, 7) is 0. The fraction of sp³-hybridized carbons (Fsp3) is 0.0526. The summed E-state index contributed by atoms with van der Waals surface area (Å²) in [6.07, 6.45) is 0. The van der Waals surface area contributed by atoms with Crippen LogP contribution < -0.4 is 31.0 Å². The van der Waals surface area contributed by atoms with Crippen LogP contribution in [0.15, 0.2) is 158 Å². The molecule has 2 nitrogen and oxygen atoms in total. The molecule has 2 heterocycles. The van der Waals surface area contributed by atoms with E-state index >= 15 is 0 Å². The summed E-state index contributed by atoms with van der Waals surface area (Å²) in [7, 11) is -2.59. The second-order valence-corrected chi connectivity index (χ2v) is 15.8. The van der Waals surface area contributed by atoms with E-state index in [-0.39, 0.29) is 5.50 Å². The van der Waals surface area contributed by atoms with Crippen molar-refractivity contribution in [3.63, 3.8) is 0 Å². The highest BCUT2D eigenvalue weighted by Crippen LogP contribution is 2.49. The zero-order valence-corrected chi connectivity index (χ0v) is 25.0. The first kappa shape index (κ1) is 25.2. The minimum atomic E-state index is -2.59. The van der Waals surface area contributed by atoms with Gasteiger partial charge >= 0.3 is 0 Å². The van der Waals surface area contributed by atoms with Crippen LogP contribution in [0.25, 0.3) is 11.1 Å². The van der Waals surface area contributed by atoms with Gasteiger partial charge in [-0.1, -0.05) is 140 Å². The van der Waals surface area contributed by atoms with Crippen LogP contribution in [0.5, 0.6) is 0 Å². The van der Waals surface area contributed by atoms with E-state index in [1.54, 1.807) is 0 Å². The van der Waals surface area contributed by atoms with Crippen molar-refractivity contribution >= 4 is 57.6 Å². The van der Waals surface area contributed by atoms with E-state index in [1.165, 1.54) is 54.5 Å². The van der Waals surface area contributed by atoms with Crippen molar-refractivity contribution in [3.05, 3.63) is 163 Å². The molecule has 8 rings (SSSR count). The zero-order valence-electron chi connectivity index (χ0n) is 23.2. The first-order valence-electron chi connectivity index (χ1n) is 14.5. The van der Waals surface area contributed by atoms with E-state index in [0.29, 0.717) is 0 Å². The van der Waals surface area contributed by atoms with Gasteiger partial charge in [-0.2, -0.15) is 0 Å². The molecule has 0 bridgehead atoms. The second-order valence-electron chi connectivity index (χ2n) is 11.0. The van der Waals surface area contributed by atoms with Crippen LogP contribution in [-0.2, 0) is 5.75 Å². The first-order valence-corrected chi connectivity index (χ1v) is 17.5. The van der Waals surface area contributed by atoms with Gasteiger partial charge < -0.3 is 10.2 Å². The summed E-state index contributed by atoms with van der Waals surface area (Å²) < 4.78 is 0. The maximum atomic E-state index is 3.75. The maximum absolute atomic E-state index is 3.75. The van der Waals surface area contributed by atoms with Gasteiger partial charge in [-0.05, 0) is 55.6 Å². The van der Waals surface area contributed by atoms with Crippen molar-refractivity contribution in [2.75, 3.05) is 10.2 Å². The highest BCUT2D eigenvalue weighted by molar-refractivity contribution is 7.99. The van der Waals surface area contributed by atoms with E-state index < -0.39 is 8.07 Å². The van der Waals surface area contributed by atoms with Crippen LogP contribution in [0.4, 0.5) is 17.1 Å². The summed E-state index contributed by atoms with van der Waals surface area (Å²) in [4.78, 5) is 2.48. The molecule has 202 valence electrons. The van der Waals surface area contributed by atoms with E-state index in [4.69, 9.17) is 0 Å². The van der Waals surface area contributed by atoms with Crippen LogP contribution in [-0.4, -0.2) is 13.6 Å². The minimum absolute atomic E-state index is 0.228. The van der Waals surface area contributed by atoms with Gasteiger partial charge in [0.05, 0.1) is 11.4 Å². The van der Waals surface area contributed by atoms with Crippen LogP contribution in [0.1, 0.15) is 5.56 Å². The fourth-order valence-corrected chi connectivity index (χ4v) is 12.7. The Morgan fingerprint density at radius 2 is 1.10 bits per heavy atom. The Balaban J connectivity index is 1.31. The van der Waals surface area contributed by atoms with Gasteiger partial charge in [-0.25, -0.2) is 0 Å². The van der Waals surface area contributed by atoms with E-state index in [2.05, 4.69) is 168 Å². The molecule has 2 aliphatic rings. The molecule has 0 fully saturated rings. The number of hydrogen-bond acceptors (Lipinski definition) is 3. The Labute approximate surface area is 252 Å². The Morgan fingerprint density at radius 3 is 1.76 bits per heavy atom. The monoisotopic (exact) mass is 574 g/mol. The topological polar surface area (TPSA) is 15.3 Å². The van der Waals surface area contributed by atoms with Crippen LogP contribution in [0.3, 0.4) is 0 Å². The molecule has 6 aromatic rings. The summed E-state index contributed by atoms with van der Waals surface area (Å²) in [5.41, 5.74) is 7.86. The van der Waals surface area contributed by atoms with Gasteiger partial charge in [0.1, 0.15) is 0 Å². The van der Waals surface area contributed by atoms with E-state index in [9.17, 15) is 0 Å². The van der Waals surface area contributed by atoms with E-state index in [1.807, 2.05) is 11.8 Å². The van der Waals surface area contributed by atoms with Crippen LogP contribution in [0, 0.1) is 0 Å². The summed E-state index contributed by atoms with van der Waals surface area (Å²) in [5.74, 6) is 1.03. The average Bonchev–Trinajstić information content (AvgIpc) is 3.45. The Hall–Kier alpha value is -4.51. The number of thioether (sulfide) groups is 1. The minimum Gasteiger partial charge on any atom is -0.355 e. The Morgan fingerprint density at radius 1 is 0.524 bits per heavy atom. The Kier molecular flexibility index (Phi) is 6.24. The molecule has 0 saturated heterocycles. The lowest BCUT2D eigenvalue weighted by Gasteiger charge is -2.34. The highest BCUT2D eigenvalue weighted by atomic mass is 32.2. The number of rotatable bonds is 5. The van der Waals surface area contributed by atoms with Gasteiger partial charge in [0.15, 0.2) is 13.6 Å². The highest BCUT2D eigenvalue weighted by Gasteiger charge is 2.41. The molecule has 2 aliphatic heterocycles.